The number of hydrogen-bond acceptors (Lipinski definition) is 6. The molecule has 0 aliphatic rings. The normalized spacial score (nSPS) is 11.5. The predicted molar refractivity (Wildman–Crippen MR) is 116 cm³/mol. The smallest absolute Gasteiger partial charge is 0.387 e. The summed E-state index contributed by atoms with van der Waals surface area (Å²) in [6, 6.07) is 5.83. The fraction of sp³-hybridized carbons (Fsp3) is 0.350. The highest BCUT2D eigenvalue weighted by Crippen LogP contribution is 2.30. The second-order valence-electron chi connectivity index (χ2n) is 6.84. The molecule has 1 aromatic carbocycles. The summed E-state index contributed by atoms with van der Waals surface area (Å²) in [6.45, 7) is 4.62. The lowest BCUT2D eigenvalue weighted by Gasteiger charge is -2.15. The molecule has 0 aliphatic carbocycles. The van der Waals surface area contributed by atoms with Gasteiger partial charge in [-0.3, -0.25) is 14.2 Å². The number of halogens is 2. The number of aryl methyl sites for hydroxylation is 2. The van der Waals surface area contributed by atoms with Gasteiger partial charge >= 0.3 is 6.61 Å². The number of amides is 1. The fourth-order valence-corrected chi connectivity index (χ4v) is 4.93. The molecule has 0 radical (unpaired) electrons. The Labute approximate surface area is 180 Å². The van der Waals surface area contributed by atoms with Gasteiger partial charge in [0.25, 0.3) is 5.56 Å². The molecule has 3 aromatic rings. The summed E-state index contributed by atoms with van der Waals surface area (Å²) in [6.07, 6.45) is 0. The zero-order valence-electron chi connectivity index (χ0n) is 16.9. The Hall–Kier alpha value is -2.46. The number of rotatable bonds is 7. The molecule has 0 atom stereocenters. The van der Waals surface area contributed by atoms with Crippen molar-refractivity contribution in [3.05, 3.63) is 45.1 Å². The van der Waals surface area contributed by atoms with Gasteiger partial charge in [-0.05, 0) is 45.4 Å². The number of carbonyl (C=O) groups excluding carboxylic acids is 1. The van der Waals surface area contributed by atoms with E-state index in [4.69, 9.17) is 0 Å². The second kappa shape index (κ2) is 9.13. The number of thiophene rings is 1. The molecule has 1 amide bonds. The van der Waals surface area contributed by atoms with Crippen molar-refractivity contribution >= 4 is 44.9 Å². The van der Waals surface area contributed by atoms with Crippen LogP contribution in [0.25, 0.3) is 10.2 Å². The Morgan fingerprint density at radius 3 is 2.67 bits per heavy atom. The SMILES string of the molecule is Cc1sc2nc(SCC(=O)Nc3ccccc3OC(F)F)n(C(C)C)c(=O)c2c1C. The van der Waals surface area contributed by atoms with Crippen LogP contribution in [0.2, 0.25) is 0 Å². The van der Waals surface area contributed by atoms with E-state index in [9.17, 15) is 18.4 Å². The third-order valence-corrected chi connectivity index (χ3v) is 6.48. The molecule has 0 unspecified atom stereocenters. The van der Waals surface area contributed by atoms with E-state index in [2.05, 4.69) is 15.0 Å². The number of thioether (sulfide) groups is 1. The standard InChI is InChI=1S/C20H21F2N3O3S2/c1-10(2)25-18(27)16-11(3)12(4)30-17(16)24-20(25)29-9-15(26)23-13-7-5-6-8-14(13)28-19(21)22/h5-8,10,19H,9H2,1-4H3,(H,23,26). The molecule has 160 valence electrons. The third kappa shape index (κ3) is 4.65. The first kappa shape index (κ1) is 22.2. The third-order valence-electron chi connectivity index (χ3n) is 4.43. The van der Waals surface area contributed by atoms with Crippen LogP contribution in [0, 0.1) is 13.8 Å². The van der Waals surface area contributed by atoms with E-state index in [0.717, 1.165) is 22.2 Å². The van der Waals surface area contributed by atoms with Crippen LogP contribution in [0.4, 0.5) is 14.5 Å². The van der Waals surface area contributed by atoms with E-state index >= 15 is 0 Å². The van der Waals surface area contributed by atoms with Gasteiger partial charge in [-0.2, -0.15) is 8.78 Å². The van der Waals surface area contributed by atoms with Gasteiger partial charge in [0.1, 0.15) is 10.6 Å². The average molecular weight is 454 g/mol. The van der Waals surface area contributed by atoms with Gasteiger partial charge in [-0.15, -0.1) is 11.3 Å². The van der Waals surface area contributed by atoms with Crippen molar-refractivity contribution in [2.75, 3.05) is 11.1 Å². The summed E-state index contributed by atoms with van der Waals surface area (Å²) in [4.78, 5) is 31.7. The summed E-state index contributed by atoms with van der Waals surface area (Å²) in [5.41, 5.74) is 0.944. The highest BCUT2D eigenvalue weighted by molar-refractivity contribution is 7.99. The number of benzene rings is 1. The van der Waals surface area contributed by atoms with Crippen LogP contribution >= 0.6 is 23.1 Å². The molecule has 0 saturated carbocycles. The molecule has 0 bridgehead atoms. The number of alkyl halides is 2. The van der Waals surface area contributed by atoms with Crippen molar-refractivity contribution in [2.45, 2.75) is 45.5 Å². The maximum absolute atomic E-state index is 13.0. The monoisotopic (exact) mass is 453 g/mol. The molecule has 6 nitrogen and oxygen atoms in total. The predicted octanol–water partition coefficient (Wildman–Crippen LogP) is 4.99. The summed E-state index contributed by atoms with van der Waals surface area (Å²) < 4.78 is 31.1. The van der Waals surface area contributed by atoms with Crippen LogP contribution in [0.1, 0.15) is 30.3 Å². The molecule has 10 heteroatoms. The van der Waals surface area contributed by atoms with Gasteiger partial charge in [0.05, 0.1) is 16.8 Å². The number of fused-ring (bicyclic) bond motifs is 1. The maximum Gasteiger partial charge on any atom is 0.387 e. The van der Waals surface area contributed by atoms with Crippen molar-refractivity contribution in [3.63, 3.8) is 0 Å². The first-order valence-corrected chi connectivity index (χ1v) is 11.0. The lowest BCUT2D eigenvalue weighted by Crippen LogP contribution is -2.25. The molecule has 3 rings (SSSR count). The molecule has 0 fully saturated rings. The molecule has 2 heterocycles. The van der Waals surface area contributed by atoms with E-state index in [1.165, 1.54) is 29.5 Å². The Morgan fingerprint density at radius 2 is 2.00 bits per heavy atom. The van der Waals surface area contributed by atoms with Gasteiger partial charge in [-0.25, -0.2) is 4.98 Å². The Morgan fingerprint density at radius 1 is 1.30 bits per heavy atom. The van der Waals surface area contributed by atoms with Crippen molar-refractivity contribution in [3.8, 4) is 5.75 Å². The topological polar surface area (TPSA) is 73.2 Å². The van der Waals surface area contributed by atoms with Crippen LogP contribution in [0.15, 0.2) is 34.2 Å². The number of nitrogens with one attached hydrogen (secondary N) is 1. The Balaban J connectivity index is 1.83. The molecule has 2 aromatic heterocycles. The number of ether oxygens (including phenoxy) is 1. The van der Waals surface area contributed by atoms with Gasteiger partial charge in [-0.1, -0.05) is 23.9 Å². The fourth-order valence-electron chi connectivity index (χ4n) is 2.93. The van der Waals surface area contributed by atoms with Gasteiger partial charge < -0.3 is 10.1 Å². The zero-order valence-corrected chi connectivity index (χ0v) is 18.5. The minimum absolute atomic E-state index is 0.0446. The van der Waals surface area contributed by atoms with Gasteiger partial charge in [0.15, 0.2) is 5.16 Å². The van der Waals surface area contributed by atoms with E-state index in [-0.39, 0.29) is 28.8 Å². The molecule has 30 heavy (non-hydrogen) atoms. The Bertz CT molecular complexity index is 1140. The van der Waals surface area contributed by atoms with E-state index in [1.54, 1.807) is 10.6 Å². The molecular weight excluding hydrogens is 432 g/mol. The Kier molecular flexibility index (Phi) is 6.77. The number of aromatic nitrogens is 2. The molecule has 1 N–H and O–H groups in total. The van der Waals surface area contributed by atoms with Crippen LogP contribution in [0.3, 0.4) is 0 Å². The lowest BCUT2D eigenvalue weighted by molar-refractivity contribution is -0.113. The summed E-state index contributed by atoms with van der Waals surface area (Å²) in [7, 11) is 0. The van der Waals surface area contributed by atoms with Gasteiger partial charge in [0, 0.05) is 10.9 Å². The highest BCUT2D eigenvalue weighted by Gasteiger charge is 2.19. The van der Waals surface area contributed by atoms with Crippen LogP contribution in [-0.2, 0) is 4.79 Å². The minimum atomic E-state index is -2.99. The van der Waals surface area contributed by atoms with E-state index in [0.29, 0.717) is 15.4 Å². The molecule has 0 spiro atoms. The first-order chi connectivity index (χ1) is 14.2. The zero-order chi connectivity index (χ0) is 22.0. The highest BCUT2D eigenvalue weighted by atomic mass is 32.2. The van der Waals surface area contributed by atoms with Crippen molar-refractivity contribution in [2.24, 2.45) is 0 Å². The van der Waals surface area contributed by atoms with Crippen LogP contribution in [0.5, 0.6) is 5.75 Å². The molecule has 0 aliphatic heterocycles. The maximum atomic E-state index is 13.0. The van der Waals surface area contributed by atoms with Crippen LogP contribution in [-0.4, -0.2) is 27.8 Å². The van der Waals surface area contributed by atoms with Crippen molar-refractivity contribution in [1.29, 1.82) is 0 Å². The summed E-state index contributed by atoms with van der Waals surface area (Å²) in [5.74, 6) is -0.584. The van der Waals surface area contributed by atoms with Crippen molar-refractivity contribution in [1.82, 2.24) is 9.55 Å². The van der Waals surface area contributed by atoms with Gasteiger partial charge in [0.2, 0.25) is 5.91 Å². The second-order valence-corrected chi connectivity index (χ2v) is 8.98. The molecule has 0 saturated heterocycles. The summed E-state index contributed by atoms with van der Waals surface area (Å²) in [5, 5.41) is 3.62. The number of para-hydroxylation sites is 2. The number of nitrogens with zero attached hydrogens (tertiary/aromatic N) is 2. The van der Waals surface area contributed by atoms with E-state index < -0.39 is 12.5 Å². The average Bonchev–Trinajstić information content (AvgIpc) is 2.95. The molecular formula is C20H21F2N3O3S2. The lowest BCUT2D eigenvalue weighted by atomic mass is 10.2. The minimum Gasteiger partial charge on any atom is -0.433 e. The first-order valence-electron chi connectivity index (χ1n) is 9.17. The van der Waals surface area contributed by atoms with E-state index in [1.807, 2.05) is 27.7 Å². The number of anilines is 1. The quantitative estimate of drug-likeness (QED) is 0.403. The van der Waals surface area contributed by atoms with Crippen LogP contribution < -0.4 is 15.6 Å². The summed E-state index contributed by atoms with van der Waals surface area (Å²) >= 11 is 2.57. The van der Waals surface area contributed by atoms with Crippen molar-refractivity contribution < 1.29 is 18.3 Å². The number of hydrogen-bond donors (Lipinski definition) is 1. The largest absolute Gasteiger partial charge is 0.433 e. The number of carbonyl (C=O) groups is 1.